The summed E-state index contributed by atoms with van der Waals surface area (Å²) in [5.74, 6) is -0.101. The van der Waals surface area contributed by atoms with Crippen LogP contribution in [0.1, 0.15) is 17.0 Å². The van der Waals surface area contributed by atoms with Crippen molar-refractivity contribution < 1.29 is 18.3 Å². The summed E-state index contributed by atoms with van der Waals surface area (Å²) in [6.45, 7) is -2.54. The summed E-state index contributed by atoms with van der Waals surface area (Å²) in [7, 11) is 0. The van der Waals surface area contributed by atoms with Crippen molar-refractivity contribution in [1.82, 2.24) is 5.01 Å². The Hall–Kier alpha value is -4.17. The maximum Gasteiger partial charge on any atom is 0.387 e. The molecule has 5 rings (SSSR count). The monoisotopic (exact) mass is 515 g/mol. The zero-order valence-corrected chi connectivity index (χ0v) is 20.4. The Bertz CT molecular complexity index is 1370. The number of ether oxygens (including phenoxy) is 1. The highest BCUT2D eigenvalue weighted by atomic mass is 32.2. The average molecular weight is 516 g/mol. The van der Waals surface area contributed by atoms with Crippen LogP contribution in [0.3, 0.4) is 0 Å². The number of anilines is 1. The number of alkyl halides is 2. The van der Waals surface area contributed by atoms with Crippen molar-refractivity contribution >= 4 is 29.2 Å². The molecule has 0 saturated carbocycles. The number of nitrogens with zero attached hydrogens (tertiary/aromatic N) is 2. The van der Waals surface area contributed by atoms with Crippen LogP contribution in [0, 0.1) is 0 Å². The summed E-state index contributed by atoms with van der Waals surface area (Å²) in [5, 5.41) is 8.94. The fourth-order valence-corrected chi connectivity index (χ4v) is 4.90. The first-order valence-electron chi connectivity index (χ1n) is 11.7. The van der Waals surface area contributed by atoms with E-state index in [1.54, 1.807) is 23.9 Å². The van der Waals surface area contributed by atoms with E-state index in [0.29, 0.717) is 17.9 Å². The lowest BCUT2D eigenvalue weighted by Crippen LogP contribution is -2.30. The molecule has 0 spiro atoms. The molecular formula is C29H23F2N3O2S. The number of hydrogen-bond acceptors (Lipinski definition) is 4. The van der Waals surface area contributed by atoms with Crippen molar-refractivity contribution in [3.8, 4) is 5.75 Å². The second kappa shape index (κ2) is 11.3. The van der Waals surface area contributed by atoms with Gasteiger partial charge in [0.1, 0.15) is 5.75 Å². The summed E-state index contributed by atoms with van der Waals surface area (Å²) >= 11 is 1.64. The van der Waals surface area contributed by atoms with Gasteiger partial charge in [0, 0.05) is 21.4 Å². The van der Waals surface area contributed by atoms with Crippen LogP contribution in [0.4, 0.5) is 19.3 Å². The standard InChI is InChI=1S/C29H23F2N3O2S/c30-28(31)36-23-15-11-21(12-16-23)27-26(20-7-3-1-4-8-20)19-34(33-27)29(35)32-22-13-17-25(18-14-22)37-24-9-5-2-6-10-24/h1-18,26,28H,19H2,(H,32,35)/t26-/m0/s1. The van der Waals surface area contributed by atoms with E-state index in [-0.39, 0.29) is 17.7 Å². The first kappa shape index (κ1) is 24.5. The number of carbonyl (C=O) groups is 1. The minimum Gasteiger partial charge on any atom is -0.435 e. The molecule has 2 amide bonds. The largest absolute Gasteiger partial charge is 0.435 e. The number of rotatable bonds is 7. The lowest BCUT2D eigenvalue weighted by Gasteiger charge is -2.16. The number of halogens is 2. The molecule has 0 bridgehead atoms. The Balaban J connectivity index is 1.32. The Morgan fingerprint density at radius 1 is 0.865 bits per heavy atom. The summed E-state index contributed by atoms with van der Waals surface area (Å²) in [6.07, 6.45) is 0. The normalized spacial score (nSPS) is 14.9. The predicted molar refractivity (Wildman–Crippen MR) is 142 cm³/mol. The highest BCUT2D eigenvalue weighted by Crippen LogP contribution is 2.31. The number of amides is 2. The van der Waals surface area contributed by atoms with Crippen molar-refractivity contribution in [3.05, 3.63) is 120 Å². The molecule has 0 saturated heterocycles. The maximum absolute atomic E-state index is 13.1. The van der Waals surface area contributed by atoms with E-state index in [2.05, 4.69) is 15.2 Å². The van der Waals surface area contributed by atoms with Gasteiger partial charge in [0.05, 0.1) is 12.3 Å². The topological polar surface area (TPSA) is 53.9 Å². The quantitative estimate of drug-likeness (QED) is 0.278. The third-order valence-electron chi connectivity index (χ3n) is 5.81. The Kier molecular flexibility index (Phi) is 7.46. The van der Waals surface area contributed by atoms with Crippen molar-refractivity contribution in [3.63, 3.8) is 0 Å². The number of hydrazone groups is 1. The lowest BCUT2D eigenvalue weighted by molar-refractivity contribution is -0.0498. The second-order valence-corrected chi connectivity index (χ2v) is 9.45. The summed E-state index contributed by atoms with van der Waals surface area (Å²) in [4.78, 5) is 15.3. The van der Waals surface area contributed by atoms with Crippen LogP contribution in [0.15, 0.2) is 124 Å². The summed E-state index contributed by atoms with van der Waals surface area (Å²) in [5.41, 5.74) is 3.08. The van der Waals surface area contributed by atoms with Gasteiger partial charge in [-0.2, -0.15) is 13.9 Å². The van der Waals surface area contributed by atoms with Crippen molar-refractivity contribution in [2.24, 2.45) is 5.10 Å². The van der Waals surface area contributed by atoms with Crippen LogP contribution < -0.4 is 10.1 Å². The number of hydrogen-bond donors (Lipinski definition) is 1. The van der Waals surface area contributed by atoms with E-state index in [9.17, 15) is 13.6 Å². The summed E-state index contributed by atoms with van der Waals surface area (Å²) < 4.78 is 29.6. The van der Waals surface area contributed by atoms with E-state index in [1.165, 1.54) is 17.1 Å². The first-order chi connectivity index (χ1) is 18.0. The smallest absolute Gasteiger partial charge is 0.387 e. The van der Waals surface area contributed by atoms with Crippen LogP contribution in [-0.4, -0.2) is 29.9 Å². The minimum atomic E-state index is -2.89. The maximum atomic E-state index is 13.1. The molecule has 186 valence electrons. The van der Waals surface area contributed by atoms with Gasteiger partial charge >= 0.3 is 12.6 Å². The molecule has 1 atom stereocenters. The van der Waals surface area contributed by atoms with E-state index in [0.717, 1.165) is 20.9 Å². The minimum absolute atomic E-state index is 0.0667. The zero-order chi connectivity index (χ0) is 25.6. The Morgan fingerprint density at radius 3 is 2.14 bits per heavy atom. The SMILES string of the molecule is O=C(Nc1ccc(Sc2ccccc2)cc1)N1C[C@@H](c2ccccc2)C(c2ccc(OC(F)F)cc2)=N1. The molecule has 1 N–H and O–H groups in total. The van der Waals surface area contributed by atoms with Crippen LogP contribution >= 0.6 is 11.8 Å². The molecular weight excluding hydrogens is 492 g/mol. The van der Waals surface area contributed by atoms with E-state index < -0.39 is 6.61 Å². The molecule has 5 nitrogen and oxygen atoms in total. The zero-order valence-electron chi connectivity index (χ0n) is 19.6. The number of nitrogens with one attached hydrogen (secondary N) is 1. The summed E-state index contributed by atoms with van der Waals surface area (Å²) in [6, 6.07) is 33.4. The predicted octanol–water partition coefficient (Wildman–Crippen LogP) is 7.47. The molecule has 0 unspecified atom stereocenters. The Labute approximate surface area is 217 Å². The van der Waals surface area contributed by atoms with Gasteiger partial charge in [0.25, 0.3) is 0 Å². The van der Waals surface area contributed by atoms with Crippen molar-refractivity contribution in [1.29, 1.82) is 0 Å². The Morgan fingerprint density at radius 2 is 1.49 bits per heavy atom. The van der Waals surface area contributed by atoms with Crippen LogP contribution in [-0.2, 0) is 0 Å². The van der Waals surface area contributed by atoms with E-state index >= 15 is 0 Å². The van der Waals surface area contributed by atoms with Gasteiger partial charge in [-0.05, 0) is 71.8 Å². The van der Waals surface area contributed by atoms with Gasteiger partial charge in [-0.3, -0.25) is 0 Å². The molecule has 1 heterocycles. The molecule has 1 aliphatic heterocycles. The van der Waals surface area contributed by atoms with Gasteiger partial charge in [-0.25, -0.2) is 9.80 Å². The molecule has 0 aromatic heterocycles. The van der Waals surface area contributed by atoms with Gasteiger partial charge < -0.3 is 10.1 Å². The van der Waals surface area contributed by atoms with Gasteiger partial charge in [-0.15, -0.1) is 0 Å². The van der Waals surface area contributed by atoms with Crippen molar-refractivity contribution in [2.75, 3.05) is 11.9 Å². The fraction of sp³-hybridized carbons (Fsp3) is 0.103. The molecule has 4 aromatic rings. The molecule has 8 heteroatoms. The molecule has 4 aromatic carbocycles. The highest BCUT2D eigenvalue weighted by molar-refractivity contribution is 7.99. The van der Waals surface area contributed by atoms with Crippen LogP contribution in [0.25, 0.3) is 0 Å². The van der Waals surface area contributed by atoms with Gasteiger partial charge in [-0.1, -0.05) is 60.3 Å². The third kappa shape index (κ3) is 6.16. The molecule has 0 aliphatic carbocycles. The fourth-order valence-electron chi connectivity index (χ4n) is 4.06. The van der Waals surface area contributed by atoms with Gasteiger partial charge in [0.2, 0.25) is 0 Å². The number of benzene rings is 4. The van der Waals surface area contributed by atoms with E-state index in [1.807, 2.05) is 84.9 Å². The molecule has 1 aliphatic rings. The van der Waals surface area contributed by atoms with Gasteiger partial charge in [0.15, 0.2) is 0 Å². The molecule has 0 radical (unpaired) electrons. The number of carbonyl (C=O) groups excluding carboxylic acids is 1. The first-order valence-corrected chi connectivity index (χ1v) is 12.5. The average Bonchev–Trinajstić information content (AvgIpc) is 3.37. The van der Waals surface area contributed by atoms with Crippen LogP contribution in [0.2, 0.25) is 0 Å². The lowest BCUT2D eigenvalue weighted by atomic mass is 9.90. The van der Waals surface area contributed by atoms with E-state index in [4.69, 9.17) is 0 Å². The molecule has 37 heavy (non-hydrogen) atoms. The second-order valence-electron chi connectivity index (χ2n) is 8.30. The van der Waals surface area contributed by atoms with Crippen molar-refractivity contribution in [2.45, 2.75) is 22.3 Å². The highest BCUT2D eigenvalue weighted by Gasteiger charge is 2.32. The third-order valence-corrected chi connectivity index (χ3v) is 6.83. The van der Waals surface area contributed by atoms with Crippen LogP contribution in [0.5, 0.6) is 5.75 Å². The number of urea groups is 1. The molecule has 0 fully saturated rings.